The lowest BCUT2D eigenvalue weighted by Gasteiger charge is -2.09. The second-order valence-electron chi connectivity index (χ2n) is 6.19. The lowest BCUT2D eigenvalue weighted by atomic mass is 10.1. The molecule has 0 spiro atoms. The van der Waals surface area contributed by atoms with E-state index >= 15 is 0 Å². The maximum atomic E-state index is 12.7. The molecule has 0 saturated heterocycles. The summed E-state index contributed by atoms with van der Waals surface area (Å²) in [4.78, 5) is 20.2. The van der Waals surface area contributed by atoms with Crippen molar-refractivity contribution in [3.05, 3.63) is 83.0 Å². The van der Waals surface area contributed by atoms with Crippen LogP contribution >= 0.6 is 0 Å². The van der Waals surface area contributed by atoms with Crippen LogP contribution in [-0.4, -0.2) is 28.2 Å². The second kappa shape index (κ2) is 7.37. The van der Waals surface area contributed by atoms with Crippen molar-refractivity contribution in [2.45, 2.75) is 6.42 Å². The number of aromatic nitrogens is 3. The molecule has 0 fully saturated rings. The van der Waals surface area contributed by atoms with Crippen molar-refractivity contribution >= 4 is 16.7 Å². The lowest BCUT2D eigenvalue weighted by molar-refractivity contribution is 0.414. The smallest absolute Gasteiger partial charge is 0.297 e. The number of hydrogen-bond donors (Lipinski definition) is 2. The molecule has 0 amide bonds. The van der Waals surface area contributed by atoms with Gasteiger partial charge in [-0.25, -0.2) is 4.98 Å². The predicted molar refractivity (Wildman–Crippen MR) is 107 cm³/mol. The van der Waals surface area contributed by atoms with Gasteiger partial charge < -0.3 is 15.0 Å². The number of anilines is 1. The fraction of sp³-hybridized carbons (Fsp3) is 0.143. The minimum atomic E-state index is -0.179. The van der Waals surface area contributed by atoms with E-state index in [0.29, 0.717) is 12.4 Å². The third kappa shape index (κ3) is 3.42. The van der Waals surface area contributed by atoms with Gasteiger partial charge in [0.15, 0.2) is 5.82 Å². The SMILES string of the molecule is COc1ccc(-n2ccnc(NCCc3c[nH]c4ccccc34)c2=O)cc1. The molecule has 27 heavy (non-hydrogen) atoms. The molecule has 0 aliphatic heterocycles. The zero-order valence-corrected chi connectivity index (χ0v) is 15.0. The summed E-state index contributed by atoms with van der Waals surface area (Å²) in [7, 11) is 1.61. The second-order valence-corrected chi connectivity index (χ2v) is 6.19. The van der Waals surface area contributed by atoms with Gasteiger partial charge in [0.05, 0.1) is 7.11 Å². The molecule has 4 rings (SSSR count). The van der Waals surface area contributed by atoms with Gasteiger partial charge in [0, 0.05) is 41.7 Å². The number of rotatable bonds is 6. The van der Waals surface area contributed by atoms with Crippen molar-refractivity contribution in [1.82, 2.24) is 14.5 Å². The van der Waals surface area contributed by atoms with E-state index < -0.39 is 0 Å². The first-order valence-corrected chi connectivity index (χ1v) is 8.77. The summed E-state index contributed by atoms with van der Waals surface area (Å²) in [6.07, 6.45) is 6.09. The first kappa shape index (κ1) is 16.9. The molecular weight excluding hydrogens is 340 g/mol. The largest absolute Gasteiger partial charge is 0.497 e. The summed E-state index contributed by atoms with van der Waals surface area (Å²) in [6, 6.07) is 15.5. The third-order valence-electron chi connectivity index (χ3n) is 4.55. The van der Waals surface area contributed by atoms with Crippen LogP contribution in [0.2, 0.25) is 0 Å². The highest BCUT2D eigenvalue weighted by atomic mass is 16.5. The molecule has 2 heterocycles. The van der Waals surface area contributed by atoms with Gasteiger partial charge in [-0.15, -0.1) is 0 Å². The number of hydrogen-bond acceptors (Lipinski definition) is 4. The molecule has 2 aromatic carbocycles. The highest BCUT2D eigenvalue weighted by Crippen LogP contribution is 2.18. The Balaban J connectivity index is 1.50. The van der Waals surface area contributed by atoms with E-state index in [0.717, 1.165) is 23.4 Å². The van der Waals surface area contributed by atoms with Gasteiger partial charge in [0.1, 0.15) is 5.75 Å². The molecule has 0 aliphatic rings. The Hall–Kier alpha value is -3.54. The average molecular weight is 360 g/mol. The summed E-state index contributed by atoms with van der Waals surface area (Å²) in [5.41, 5.74) is 2.92. The molecule has 0 saturated carbocycles. The minimum absolute atomic E-state index is 0.179. The van der Waals surface area contributed by atoms with Crippen molar-refractivity contribution in [1.29, 1.82) is 0 Å². The van der Waals surface area contributed by atoms with E-state index in [1.807, 2.05) is 42.6 Å². The first-order valence-electron chi connectivity index (χ1n) is 8.77. The number of methoxy groups -OCH3 is 1. The van der Waals surface area contributed by atoms with E-state index in [1.165, 1.54) is 10.9 Å². The topological polar surface area (TPSA) is 71.9 Å². The normalized spacial score (nSPS) is 10.9. The van der Waals surface area contributed by atoms with Crippen molar-refractivity contribution in [2.24, 2.45) is 0 Å². The standard InChI is InChI=1S/C21H20N4O2/c1-27-17-8-6-16(7-9-17)25-13-12-23-20(21(25)26)22-11-10-15-14-24-19-5-3-2-4-18(15)19/h2-9,12-14,24H,10-11H2,1H3,(H,22,23). The van der Waals surface area contributed by atoms with Crippen molar-refractivity contribution in [2.75, 3.05) is 19.0 Å². The Morgan fingerprint density at radius 3 is 2.78 bits per heavy atom. The molecule has 4 aromatic rings. The number of ether oxygens (including phenoxy) is 1. The Kier molecular flexibility index (Phi) is 4.61. The number of para-hydroxylation sites is 1. The molecule has 0 aliphatic carbocycles. The molecule has 2 aromatic heterocycles. The van der Waals surface area contributed by atoms with Crippen LogP contribution in [0.1, 0.15) is 5.56 Å². The Bertz CT molecular complexity index is 1110. The highest BCUT2D eigenvalue weighted by Gasteiger charge is 2.08. The van der Waals surface area contributed by atoms with E-state index in [2.05, 4.69) is 27.4 Å². The van der Waals surface area contributed by atoms with E-state index in [-0.39, 0.29) is 5.56 Å². The molecule has 0 bridgehead atoms. The monoisotopic (exact) mass is 360 g/mol. The number of nitrogens with one attached hydrogen (secondary N) is 2. The Labute approximate surface area is 156 Å². The molecule has 6 nitrogen and oxygen atoms in total. The molecule has 2 N–H and O–H groups in total. The van der Waals surface area contributed by atoms with Crippen LogP contribution in [0.25, 0.3) is 16.6 Å². The average Bonchev–Trinajstić information content (AvgIpc) is 3.13. The Morgan fingerprint density at radius 2 is 1.96 bits per heavy atom. The van der Waals surface area contributed by atoms with E-state index in [1.54, 1.807) is 24.1 Å². The van der Waals surface area contributed by atoms with Gasteiger partial charge in [-0.05, 0) is 42.3 Å². The van der Waals surface area contributed by atoms with Crippen LogP contribution in [-0.2, 0) is 6.42 Å². The van der Waals surface area contributed by atoms with Crippen LogP contribution in [0.5, 0.6) is 5.75 Å². The number of aromatic amines is 1. The third-order valence-corrected chi connectivity index (χ3v) is 4.55. The summed E-state index contributed by atoms with van der Waals surface area (Å²) in [5.74, 6) is 1.09. The van der Waals surface area contributed by atoms with Gasteiger partial charge in [-0.3, -0.25) is 9.36 Å². The number of fused-ring (bicyclic) bond motifs is 1. The van der Waals surface area contributed by atoms with Crippen molar-refractivity contribution < 1.29 is 4.74 Å². The predicted octanol–water partition coefficient (Wildman–Crippen LogP) is 3.38. The number of benzene rings is 2. The van der Waals surface area contributed by atoms with E-state index in [4.69, 9.17) is 4.74 Å². The number of nitrogens with zero attached hydrogens (tertiary/aromatic N) is 2. The van der Waals surface area contributed by atoms with E-state index in [9.17, 15) is 4.79 Å². The summed E-state index contributed by atoms with van der Waals surface area (Å²) < 4.78 is 6.73. The van der Waals surface area contributed by atoms with Crippen molar-refractivity contribution in [3.8, 4) is 11.4 Å². The quantitative estimate of drug-likeness (QED) is 0.553. The van der Waals surface area contributed by atoms with Crippen LogP contribution in [0.15, 0.2) is 71.9 Å². The van der Waals surface area contributed by atoms with Gasteiger partial charge in [0.2, 0.25) is 0 Å². The van der Waals surface area contributed by atoms with Crippen LogP contribution in [0, 0.1) is 0 Å². The van der Waals surface area contributed by atoms with Crippen molar-refractivity contribution in [3.63, 3.8) is 0 Å². The minimum Gasteiger partial charge on any atom is -0.497 e. The van der Waals surface area contributed by atoms with Gasteiger partial charge in [-0.2, -0.15) is 0 Å². The van der Waals surface area contributed by atoms with Gasteiger partial charge in [-0.1, -0.05) is 18.2 Å². The summed E-state index contributed by atoms with van der Waals surface area (Å²) >= 11 is 0. The maximum absolute atomic E-state index is 12.7. The molecular formula is C21H20N4O2. The molecule has 0 atom stereocenters. The lowest BCUT2D eigenvalue weighted by Crippen LogP contribution is -2.23. The molecule has 136 valence electrons. The zero-order valence-electron chi connectivity index (χ0n) is 15.0. The summed E-state index contributed by atoms with van der Waals surface area (Å²) in [5, 5.41) is 4.37. The molecule has 0 radical (unpaired) electrons. The Morgan fingerprint density at radius 1 is 1.15 bits per heavy atom. The fourth-order valence-electron chi connectivity index (χ4n) is 3.13. The fourth-order valence-corrected chi connectivity index (χ4v) is 3.13. The van der Waals surface area contributed by atoms with Crippen LogP contribution in [0.3, 0.4) is 0 Å². The number of H-pyrrole nitrogens is 1. The zero-order chi connectivity index (χ0) is 18.6. The maximum Gasteiger partial charge on any atom is 0.297 e. The van der Waals surface area contributed by atoms with Gasteiger partial charge >= 0.3 is 0 Å². The van der Waals surface area contributed by atoms with Crippen LogP contribution < -0.4 is 15.6 Å². The molecule has 6 heteroatoms. The molecule has 0 unspecified atom stereocenters. The summed E-state index contributed by atoms with van der Waals surface area (Å²) in [6.45, 7) is 0.622. The first-order chi connectivity index (χ1) is 13.3. The van der Waals surface area contributed by atoms with Crippen LogP contribution in [0.4, 0.5) is 5.82 Å². The van der Waals surface area contributed by atoms with Gasteiger partial charge in [0.25, 0.3) is 5.56 Å². The highest BCUT2D eigenvalue weighted by molar-refractivity contribution is 5.83.